The first-order valence-corrected chi connectivity index (χ1v) is 11.0. The van der Waals surface area contributed by atoms with Gasteiger partial charge in [-0.25, -0.2) is 13.2 Å². The quantitative estimate of drug-likeness (QED) is 0.818. The van der Waals surface area contributed by atoms with Crippen molar-refractivity contribution in [3.8, 4) is 0 Å². The van der Waals surface area contributed by atoms with Crippen molar-refractivity contribution in [3.63, 3.8) is 0 Å². The summed E-state index contributed by atoms with van der Waals surface area (Å²) in [7, 11) is -3.43. The van der Waals surface area contributed by atoms with Gasteiger partial charge in [0.25, 0.3) is 10.0 Å². The number of nitrogens with zero attached hydrogens (tertiary/aromatic N) is 1. The Morgan fingerprint density at radius 1 is 1.15 bits per heavy atom. The fraction of sp³-hybridized carbons (Fsp3) is 0.389. The summed E-state index contributed by atoms with van der Waals surface area (Å²) in [5.74, 6) is 0. The number of amides is 2. The lowest BCUT2D eigenvalue weighted by molar-refractivity contribution is 0.238. The first kappa shape index (κ1) is 18.9. The lowest BCUT2D eigenvalue weighted by Crippen LogP contribution is -2.47. The van der Waals surface area contributed by atoms with E-state index in [4.69, 9.17) is 0 Å². The SMILES string of the molecule is CCc1ccc(S(=O)(=O)N2CCC(NC(=O)Nc3ccccc3)CC2)s1. The Kier molecular flexibility index (Phi) is 5.95. The van der Waals surface area contributed by atoms with Crippen LogP contribution in [0, 0.1) is 0 Å². The highest BCUT2D eigenvalue weighted by Crippen LogP contribution is 2.27. The molecule has 0 radical (unpaired) electrons. The van der Waals surface area contributed by atoms with Gasteiger partial charge in [-0.1, -0.05) is 25.1 Å². The average molecular weight is 394 g/mol. The maximum Gasteiger partial charge on any atom is 0.319 e. The molecule has 3 rings (SSSR count). The average Bonchev–Trinajstić information content (AvgIpc) is 3.13. The van der Waals surface area contributed by atoms with Crippen LogP contribution in [0.5, 0.6) is 0 Å². The lowest BCUT2D eigenvalue weighted by Gasteiger charge is -2.31. The number of carbonyl (C=O) groups excluding carboxylic acids is 1. The van der Waals surface area contributed by atoms with Gasteiger partial charge in [0, 0.05) is 29.7 Å². The van der Waals surface area contributed by atoms with Crippen LogP contribution in [-0.4, -0.2) is 37.9 Å². The standard InChI is InChI=1S/C18H23N3O3S2/c1-2-16-8-9-17(25-16)26(23,24)21-12-10-15(11-13-21)20-18(22)19-14-6-4-3-5-7-14/h3-9,15H,2,10-13H2,1H3,(H2,19,20,22). The van der Waals surface area contributed by atoms with Gasteiger partial charge in [0.05, 0.1) is 0 Å². The second-order valence-electron chi connectivity index (χ2n) is 6.22. The Morgan fingerprint density at radius 2 is 1.85 bits per heavy atom. The molecule has 0 spiro atoms. The van der Waals surface area contributed by atoms with E-state index in [2.05, 4.69) is 10.6 Å². The summed E-state index contributed by atoms with van der Waals surface area (Å²) in [6, 6.07) is 12.5. The van der Waals surface area contributed by atoms with Gasteiger partial charge in [-0.2, -0.15) is 4.31 Å². The molecule has 8 heteroatoms. The topological polar surface area (TPSA) is 78.5 Å². The van der Waals surface area contributed by atoms with Crippen molar-refractivity contribution in [1.29, 1.82) is 0 Å². The minimum atomic E-state index is -3.43. The van der Waals surface area contributed by atoms with Crippen LogP contribution in [0.1, 0.15) is 24.6 Å². The molecule has 0 unspecified atom stereocenters. The van der Waals surface area contributed by atoms with Crippen molar-refractivity contribution in [2.24, 2.45) is 0 Å². The Bertz CT molecular complexity index is 842. The van der Waals surface area contributed by atoms with Gasteiger partial charge in [-0.3, -0.25) is 0 Å². The normalized spacial score (nSPS) is 16.3. The molecule has 2 heterocycles. The number of thiophene rings is 1. The summed E-state index contributed by atoms with van der Waals surface area (Å²) in [6.45, 7) is 2.84. The number of rotatable bonds is 5. The molecule has 1 aliphatic heterocycles. The second kappa shape index (κ2) is 8.20. The fourth-order valence-electron chi connectivity index (χ4n) is 2.93. The zero-order chi connectivity index (χ0) is 18.6. The van der Waals surface area contributed by atoms with E-state index in [0.29, 0.717) is 30.1 Å². The number of nitrogens with one attached hydrogen (secondary N) is 2. The molecule has 1 aromatic carbocycles. The number of piperidine rings is 1. The minimum absolute atomic E-state index is 0.0281. The molecule has 26 heavy (non-hydrogen) atoms. The van der Waals surface area contributed by atoms with Gasteiger partial charge in [0.1, 0.15) is 4.21 Å². The Labute approximate surface area is 158 Å². The van der Waals surface area contributed by atoms with E-state index in [0.717, 1.165) is 17.0 Å². The second-order valence-corrected chi connectivity index (χ2v) is 9.55. The maximum absolute atomic E-state index is 12.7. The van der Waals surface area contributed by atoms with E-state index in [-0.39, 0.29) is 12.1 Å². The molecule has 140 valence electrons. The van der Waals surface area contributed by atoms with Crippen LogP contribution in [0.25, 0.3) is 0 Å². The molecular formula is C18H23N3O3S2. The van der Waals surface area contributed by atoms with Crippen molar-refractivity contribution >= 4 is 33.1 Å². The van der Waals surface area contributed by atoms with E-state index in [1.807, 2.05) is 43.3 Å². The number of benzene rings is 1. The van der Waals surface area contributed by atoms with Crippen LogP contribution < -0.4 is 10.6 Å². The van der Waals surface area contributed by atoms with E-state index < -0.39 is 10.0 Å². The summed E-state index contributed by atoms with van der Waals surface area (Å²) in [5, 5.41) is 5.71. The minimum Gasteiger partial charge on any atom is -0.335 e. The van der Waals surface area contributed by atoms with Crippen LogP contribution in [-0.2, 0) is 16.4 Å². The predicted molar refractivity (Wildman–Crippen MR) is 104 cm³/mol. The van der Waals surface area contributed by atoms with Crippen molar-refractivity contribution in [2.45, 2.75) is 36.4 Å². The third-order valence-electron chi connectivity index (χ3n) is 4.40. The Morgan fingerprint density at radius 3 is 2.46 bits per heavy atom. The largest absolute Gasteiger partial charge is 0.335 e. The van der Waals surface area contributed by atoms with Crippen LogP contribution in [0.4, 0.5) is 10.5 Å². The first-order chi connectivity index (χ1) is 12.5. The number of sulfonamides is 1. The number of hydrogen-bond acceptors (Lipinski definition) is 4. The smallest absolute Gasteiger partial charge is 0.319 e. The highest BCUT2D eigenvalue weighted by atomic mass is 32.2. The first-order valence-electron chi connectivity index (χ1n) is 8.70. The molecule has 1 aromatic heterocycles. The molecule has 2 N–H and O–H groups in total. The van der Waals surface area contributed by atoms with Crippen LogP contribution in [0.15, 0.2) is 46.7 Å². The molecule has 1 saturated heterocycles. The number of anilines is 1. The lowest BCUT2D eigenvalue weighted by atomic mass is 10.1. The van der Waals surface area contributed by atoms with Gasteiger partial charge < -0.3 is 10.6 Å². The van der Waals surface area contributed by atoms with Crippen molar-refractivity contribution in [1.82, 2.24) is 9.62 Å². The summed E-state index contributed by atoms with van der Waals surface area (Å²) in [6.07, 6.45) is 2.05. The number of aryl methyl sites for hydroxylation is 1. The van der Waals surface area contributed by atoms with E-state index in [9.17, 15) is 13.2 Å². The molecule has 1 aliphatic rings. The fourth-order valence-corrected chi connectivity index (χ4v) is 5.85. The number of urea groups is 1. The number of para-hydroxylation sites is 1. The molecular weight excluding hydrogens is 370 g/mol. The van der Waals surface area contributed by atoms with Crippen LogP contribution in [0.3, 0.4) is 0 Å². The molecule has 0 aliphatic carbocycles. The summed E-state index contributed by atoms with van der Waals surface area (Å²) >= 11 is 1.34. The molecule has 2 amide bonds. The molecule has 0 bridgehead atoms. The summed E-state index contributed by atoms with van der Waals surface area (Å²) in [4.78, 5) is 13.1. The molecule has 2 aromatic rings. The predicted octanol–water partition coefficient (Wildman–Crippen LogP) is 3.29. The molecule has 0 atom stereocenters. The molecule has 1 fully saturated rings. The van der Waals surface area contributed by atoms with Gasteiger partial charge in [0.15, 0.2) is 0 Å². The third-order valence-corrected chi connectivity index (χ3v) is 8.00. The van der Waals surface area contributed by atoms with Gasteiger partial charge >= 0.3 is 6.03 Å². The zero-order valence-electron chi connectivity index (χ0n) is 14.6. The van der Waals surface area contributed by atoms with Crippen LogP contribution in [0.2, 0.25) is 0 Å². The van der Waals surface area contributed by atoms with Gasteiger partial charge in [-0.05, 0) is 43.5 Å². The number of hydrogen-bond donors (Lipinski definition) is 2. The Balaban J connectivity index is 1.53. The van der Waals surface area contributed by atoms with Crippen molar-refractivity contribution < 1.29 is 13.2 Å². The van der Waals surface area contributed by atoms with Gasteiger partial charge in [-0.15, -0.1) is 11.3 Å². The third kappa shape index (κ3) is 4.44. The van der Waals surface area contributed by atoms with Crippen molar-refractivity contribution in [2.75, 3.05) is 18.4 Å². The van der Waals surface area contributed by atoms with E-state index in [1.54, 1.807) is 6.07 Å². The summed E-state index contributed by atoms with van der Waals surface area (Å²) < 4.78 is 27.4. The van der Waals surface area contributed by atoms with Gasteiger partial charge in [0.2, 0.25) is 0 Å². The zero-order valence-corrected chi connectivity index (χ0v) is 16.3. The highest BCUT2D eigenvalue weighted by molar-refractivity contribution is 7.91. The molecule has 6 nitrogen and oxygen atoms in total. The number of carbonyl (C=O) groups is 1. The van der Waals surface area contributed by atoms with E-state index >= 15 is 0 Å². The van der Waals surface area contributed by atoms with Crippen molar-refractivity contribution in [3.05, 3.63) is 47.3 Å². The Hall–Kier alpha value is -1.90. The maximum atomic E-state index is 12.7. The molecule has 0 saturated carbocycles. The monoisotopic (exact) mass is 393 g/mol. The summed E-state index contributed by atoms with van der Waals surface area (Å²) in [5.41, 5.74) is 0.731. The van der Waals surface area contributed by atoms with Crippen LogP contribution >= 0.6 is 11.3 Å². The highest BCUT2D eigenvalue weighted by Gasteiger charge is 2.30. The van der Waals surface area contributed by atoms with E-state index in [1.165, 1.54) is 15.6 Å².